The third-order valence-electron chi connectivity index (χ3n) is 1.44. The monoisotopic (exact) mass is 190 g/mol. The number of hydrogen-bond acceptors (Lipinski definition) is 4. The minimum Gasteiger partial charge on any atom is -0.395 e. The quantitative estimate of drug-likeness (QED) is 0.409. The molecule has 0 radical (unpaired) electrons. The molecule has 0 aliphatic rings. The lowest BCUT2D eigenvalue weighted by molar-refractivity contribution is -0.120. The van der Waals surface area contributed by atoms with E-state index in [1.54, 1.807) is 0 Å². The highest BCUT2D eigenvalue weighted by Crippen LogP contribution is 1.80. The van der Waals surface area contributed by atoms with Gasteiger partial charge in [0.15, 0.2) is 0 Å². The molecule has 0 heterocycles. The molecule has 0 saturated heterocycles. The number of nitrogens with one attached hydrogen (secondary N) is 2. The van der Waals surface area contributed by atoms with Crippen molar-refractivity contribution in [3.05, 3.63) is 0 Å². The fourth-order valence-electron chi connectivity index (χ4n) is 0.797. The number of amides is 1. The molecule has 78 valence electrons. The van der Waals surface area contributed by atoms with Gasteiger partial charge in [-0.15, -0.1) is 0 Å². The molecule has 5 heteroatoms. The van der Waals surface area contributed by atoms with Crippen molar-refractivity contribution in [2.45, 2.75) is 25.9 Å². The van der Waals surface area contributed by atoms with Gasteiger partial charge in [-0.2, -0.15) is 0 Å². The maximum Gasteiger partial charge on any atom is 0.234 e. The molecule has 0 unspecified atom stereocenters. The van der Waals surface area contributed by atoms with Crippen LogP contribution in [0.2, 0.25) is 0 Å². The van der Waals surface area contributed by atoms with Crippen molar-refractivity contribution < 1.29 is 15.0 Å². The molecule has 13 heavy (non-hydrogen) atoms. The van der Waals surface area contributed by atoms with Crippen molar-refractivity contribution in [1.29, 1.82) is 0 Å². The summed E-state index contributed by atoms with van der Waals surface area (Å²) < 4.78 is 0. The third kappa shape index (κ3) is 6.51. The van der Waals surface area contributed by atoms with Gasteiger partial charge in [0.1, 0.15) is 0 Å². The van der Waals surface area contributed by atoms with Crippen LogP contribution < -0.4 is 10.6 Å². The highest BCUT2D eigenvalue weighted by atomic mass is 16.3. The van der Waals surface area contributed by atoms with Gasteiger partial charge in [-0.05, 0) is 13.8 Å². The molecule has 0 spiro atoms. The molecule has 4 N–H and O–H groups in total. The highest BCUT2D eigenvalue weighted by Gasteiger charge is 2.07. The van der Waals surface area contributed by atoms with Gasteiger partial charge in [0.25, 0.3) is 0 Å². The van der Waals surface area contributed by atoms with E-state index in [1.165, 1.54) is 0 Å². The first-order valence-electron chi connectivity index (χ1n) is 4.34. The minimum absolute atomic E-state index is 0.107. The lowest BCUT2D eigenvalue weighted by Crippen LogP contribution is -2.44. The molecule has 0 aromatic carbocycles. The van der Waals surface area contributed by atoms with Crippen LogP contribution in [0.25, 0.3) is 0 Å². The van der Waals surface area contributed by atoms with Crippen LogP contribution in [0, 0.1) is 0 Å². The number of rotatable bonds is 6. The van der Waals surface area contributed by atoms with Gasteiger partial charge in [-0.1, -0.05) is 0 Å². The summed E-state index contributed by atoms with van der Waals surface area (Å²) in [4.78, 5) is 11.1. The van der Waals surface area contributed by atoms with Crippen molar-refractivity contribution >= 4 is 5.91 Å². The summed E-state index contributed by atoms with van der Waals surface area (Å²) in [5, 5.41) is 22.7. The van der Waals surface area contributed by atoms with Crippen molar-refractivity contribution in [3.8, 4) is 0 Å². The van der Waals surface area contributed by atoms with Crippen LogP contribution in [-0.4, -0.2) is 48.0 Å². The third-order valence-corrected chi connectivity index (χ3v) is 1.44. The summed E-state index contributed by atoms with van der Waals surface area (Å²) in [5.41, 5.74) is 0. The van der Waals surface area contributed by atoms with E-state index in [0.717, 1.165) is 0 Å². The van der Waals surface area contributed by atoms with Gasteiger partial charge in [0.2, 0.25) is 5.91 Å². The van der Waals surface area contributed by atoms with Crippen LogP contribution in [0.4, 0.5) is 0 Å². The molecule has 0 fully saturated rings. The minimum atomic E-state index is -0.419. The maximum absolute atomic E-state index is 11.1. The van der Waals surface area contributed by atoms with E-state index in [4.69, 9.17) is 10.2 Å². The van der Waals surface area contributed by atoms with Gasteiger partial charge < -0.3 is 20.8 Å². The molecule has 1 amide bonds. The summed E-state index contributed by atoms with van der Waals surface area (Å²) in [6.07, 6.45) is 0. The van der Waals surface area contributed by atoms with Crippen LogP contribution in [0.1, 0.15) is 13.8 Å². The number of aliphatic hydroxyl groups excluding tert-OH is 2. The summed E-state index contributed by atoms with van der Waals surface area (Å²) in [7, 11) is 0. The van der Waals surface area contributed by atoms with Crippen molar-refractivity contribution in [2.24, 2.45) is 0 Å². The first-order chi connectivity index (χ1) is 6.10. The number of carbonyl (C=O) groups excluding carboxylic acids is 1. The second-order valence-electron chi connectivity index (χ2n) is 3.17. The Labute approximate surface area is 78.1 Å². The molecule has 0 atom stereocenters. The number of carbonyl (C=O) groups is 1. The molecule has 0 aromatic heterocycles. The zero-order valence-electron chi connectivity index (χ0n) is 8.08. The molecule has 0 rings (SSSR count). The van der Waals surface area contributed by atoms with E-state index in [1.807, 2.05) is 13.8 Å². The average molecular weight is 190 g/mol. The smallest absolute Gasteiger partial charge is 0.234 e. The molecule has 0 saturated carbocycles. The Morgan fingerprint density at radius 1 is 1.31 bits per heavy atom. The Balaban J connectivity index is 3.56. The predicted octanol–water partition coefficient (Wildman–Crippen LogP) is -1.55. The van der Waals surface area contributed by atoms with Crippen LogP contribution in [0.5, 0.6) is 0 Å². The van der Waals surface area contributed by atoms with E-state index in [0.29, 0.717) is 0 Å². The summed E-state index contributed by atoms with van der Waals surface area (Å²) >= 11 is 0. The number of hydrogen-bond donors (Lipinski definition) is 4. The molecule has 0 aromatic rings. The lowest BCUT2D eigenvalue weighted by atomic mass is 10.3. The van der Waals surface area contributed by atoms with Crippen LogP contribution in [0.15, 0.2) is 0 Å². The second-order valence-corrected chi connectivity index (χ2v) is 3.17. The van der Waals surface area contributed by atoms with Gasteiger partial charge in [0.05, 0.1) is 25.8 Å². The largest absolute Gasteiger partial charge is 0.395 e. The Bertz CT molecular complexity index is 146. The summed E-state index contributed by atoms with van der Waals surface area (Å²) in [6, 6.07) is -0.311. The standard InChI is InChI=1S/C8H18N2O3/c1-6(2)10-8(13)3-9-7(4-11)5-12/h6-7,9,11-12H,3-5H2,1-2H3,(H,10,13). The van der Waals surface area contributed by atoms with Crippen molar-refractivity contribution in [2.75, 3.05) is 19.8 Å². The second kappa shape index (κ2) is 6.82. The number of aliphatic hydroxyl groups is 2. The first kappa shape index (κ1) is 12.3. The Kier molecular flexibility index (Phi) is 6.48. The Morgan fingerprint density at radius 3 is 2.23 bits per heavy atom. The van der Waals surface area contributed by atoms with Crippen LogP contribution in [-0.2, 0) is 4.79 Å². The highest BCUT2D eigenvalue weighted by molar-refractivity contribution is 5.78. The van der Waals surface area contributed by atoms with Crippen molar-refractivity contribution in [3.63, 3.8) is 0 Å². The van der Waals surface area contributed by atoms with E-state index in [2.05, 4.69) is 10.6 Å². The SMILES string of the molecule is CC(C)NC(=O)CNC(CO)CO. The lowest BCUT2D eigenvalue weighted by Gasteiger charge is -2.14. The predicted molar refractivity (Wildman–Crippen MR) is 49.2 cm³/mol. The molecule has 5 nitrogen and oxygen atoms in total. The van der Waals surface area contributed by atoms with E-state index < -0.39 is 6.04 Å². The normalized spacial score (nSPS) is 10.9. The fourth-order valence-corrected chi connectivity index (χ4v) is 0.797. The molecule has 0 aliphatic heterocycles. The average Bonchev–Trinajstić information content (AvgIpc) is 2.05. The molecular formula is C8H18N2O3. The van der Waals surface area contributed by atoms with E-state index in [-0.39, 0.29) is 31.7 Å². The molecule has 0 bridgehead atoms. The zero-order valence-corrected chi connectivity index (χ0v) is 8.08. The first-order valence-corrected chi connectivity index (χ1v) is 4.34. The topological polar surface area (TPSA) is 81.6 Å². The van der Waals surface area contributed by atoms with Gasteiger partial charge in [0, 0.05) is 6.04 Å². The van der Waals surface area contributed by atoms with Gasteiger partial charge >= 0.3 is 0 Å². The van der Waals surface area contributed by atoms with Crippen LogP contribution >= 0.6 is 0 Å². The Morgan fingerprint density at radius 2 is 1.85 bits per heavy atom. The zero-order chi connectivity index (χ0) is 10.3. The fraction of sp³-hybridized carbons (Fsp3) is 0.875. The molecule has 0 aliphatic carbocycles. The van der Waals surface area contributed by atoms with Gasteiger partial charge in [-0.25, -0.2) is 0 Å². The summed E-state index contributed by atoms with van der Waals surface area (Å²) in [5.74, 6) is -0.137. The van der Waals surface area contributed by atoms with Gasteiger partial charge in [-0.3, -0.25) is 4.79 Å². The van der Waals surface area contributed by atoms with Crippen LogP contribution in [0.3, 0.4) is 0 Å². The Hall–Kier alpha value is -0.650. The molecular weight excluding hydrogens is 172 g/mol. The van der Waals surface area contributed by atoms with E-state index >= 15 is 0 Å². The van der Waals surface area contributed by atoms with Crippen molar-refractivity contribution in [1.82, 2.24) is 10.6 Å². The van der Waals surface area contributed by atoms with E-state index in [9.17, 15) is 4.79 Å². The maximum atomic E-state index is 11.1. The summed E-state index contributed by atoms with van der Waals surface area (Å²) in [6.45, 7) is 3.50.